The molecule has 4 rings (SSSR count). The van der Waals surface area contributed by atoms with E-state index < -0.39 is 0 Å². The molecule has 1 amide bonds. The van der Waals surface area contributed by atoms with E-state index in [0.717, 1.165) is 23.7 Å². The first-order valence-electron chi connectivity index (χ1n) is 8.37. The predicted molar refractivity (Wildman–Crippen MR) is 105 cm³/mol. The van der Waals surface area contributed by atoms with Gasteiger partial charge in [0.05, 0.1) is 10.6 Å². The Morgan fingerprint density at radius 3 is 2.81 bits per heavy atom. The van der Waals surface area contributed by atoms with Crippen LogP contribution in [-0.2, 0) is 0 Å². The lowest BCUT2D eigenvalue weighted by Gasteiger charge is -2.21. The van der Waals surface area contributed by atoms with Crippen LogP contribution in [0.2, 0.25) is 10.0 Å². The Labute approximate surface area is 166 Å². The van der Waals surface area contributed by atoms with Gasteiger partial charge in [-0.15, -0.1) is 0 Å². The summed E-state index contributed by atoms with van der Waals surface area (Å²) < 4.78 is 10.9. The maximum absolute atomic E-state index is 12.9. The number of amides is 1. The Kier molecular flexibility index (Phi) is 5.20. The quantitative estimate of drug-likeness (QED) is 0.695. The lowest BCUT2D eigenvalue weighted by atomic mass is 10.1. The third-order valence-electron chi connectivity index (χ3n) is 4.56. The second kappa shape index (κ2) is 7.59. The normalized spacial score (nSPS) is 19.3. The van der Waals surface area contributed by atoms with Gasteiger partial charge < -0.3 is 14.4 Å². The summed E-state index contributed by atoms with van der Waals surface area (Å²) in [5.74, 6) is 2.39. The molecule has 0 aliphatic carbocycles. The predicted octanol–water partition coefficient (Wildman–Crippen LogP) is 5.04. The first-order valence-corrected chi connectivity index (χ1v) is 10.2. The largest absolute Gasteiger partial charge is 0.454 e. The van der Waals surface area contributed by atoms with Gasteiger partial charge in [0.1, 0.15) is 0 Å². The molecule has 2 aliphatic heterocycles. The molecule has 0 aromatic heterocycles. The van der Waals surface area contributed by atoms with Gasteiger partial charge in [-0.05, 0) is 42.3 Å². The Morgan fingerprint density at radius 1 is 1.08 bits per heavy atom. The Balaban J connectivity index is 1.48. The van der Waals surface area contributed by atoms with Crippen molar-refractivity contribution in [3.63, 3.8) is 0 Å². The molecule has 0 N–H and O–H groups in total. The number of halogens is 2. The summed E-state index contributed by atoms with van der Waals surface area (Å²) in [6.07, 6.45) is 0.869. The summed E-state index contributed by atoms with van der Waals surface area (Å²) in [5.41, 5.74) is 1.67. The minimum atomic E-state index is -0.0653. The molecular formula is C19H17Cl2NO3S. The van der Waals surface area contributed by atoms with E-state index in [9.17, 15) is 4.79 Å². The molecule has 0 spiro atoms. The summed E-state index contributed by atoms with van der Waals surface area (Å²) >= 11 is 14.1. The fraction of sp³-hybridized carbons (Fsp3) is 0.316. The number of rotatable bonds is 2. The van der Waals surface area contributed by atoms with Crippen molar-refractivity contribution in [2.45, 2.75) is 11.7 Å². The molecular weight excluding hydrogens is 393 g/mol. The van der Waals surface area contributed by atoms with Crippen LogP contribution in [0.4, 0.5) is 0 Å². The van der Waals surface area contributed by atoms with E-state index in [1.54, 1.807) is 18.2 Å². The van der Waals surface area contributed by atoms with Gasteiger partial charge in [0.15, 0.2) is 11.5 Å². The minimum absolute atomic E-state index is 0.0653. The van der Waals surface area contributed by atoms with E-state index in [4.69, 9.17) is 32.7 Å². The van der Waals surface area contributed by atoms with Gasteiger partial charge >= 0.3 is 0 Å². The highest BCUT2D eigenvalue weighted by Gasteiger charge is 2.25. The van der Waals surface area contributed by atoms with Crippen LogP contribution in [-0.4, -0.2) is 36.4 Å². The second-order valence-corrected chi connectivity index (χ2v) is 8.33. The third kappa shape index (κ3) is 3.61. The van der Waals surface area contributed by atoms with Crippen molar-refractivity contribution >= 4 is 40.9 Å². The fourth-order valence-corrected chi connectivity index (χ4v) is 4.78. The number of thioether (sulfide) groups is 1. The molecule has 26 heavy (non-hydrogen) atoms. The van der Waals surface area contributed by atoms with Crippen LogP contribution in [0.25, 0.3) is 0 Å². The van der Waals surface area contributed by atoms with Crippen molar-refractivity contribution in [1.29, 1.82) is 0 Å². The topological polar surface area (TPSA) is 38.8 Å². The van der Waals surface area contributed by atoms with Gasteiger partial charge in [-0.3, -0.25) is 4.79 Å². The van der Waals surface area contributed by atoms with E-state index in [1.165, 1.54) is 5.56 Å². The smallest absolute Gasteiger partial charge is 0.255 e. The fourth-order valence-electron chi connectivity index (χ4n) is 3.18. The minimum Gasteiger partial charge on any atom is -0.454 e. The molecule has 2 heterocycles. The molecule has 2 aromatic carbocycles. The molecule has 1 unspecified atom stereocenters. The first-order chi connectivity index (χ1) is 12.6. The molecule has 2 aliphatic rings. The van der Waals surface area contributed by atoms with Gasteiger partial charge in [-0.1, -0.05) is 29.3 Å². The Morgan fingerprint density at radius 2 is 1.92 bits per heavy atom. The van der Waals surface area contributed by atoms with Gasteiger partial charge in [0, 0.05) is 29.1 Å². The van der Waals surface area contributed by atoms with Gasteiger partial charge in [-0.2, -0.15) is 11.8 Å². The number of hydrogen-bond donors (Lipinski definition) is 0. The number of carbonyl (C=O) groups excluding carboxylic acids is 1. The summed E-state index contributed by atoms with van der Waals surface area (Å²) in [6, 6.07) is 11.1. The maximum atomic E-state index is 12.9. The molecule has 1 fully saturated rings. The highest BCUT2D eigenvalue weighted by Crippen LogP contribution is 2.40. The van der Waals surface area contributed by atoms with Crippen LogP contribution in [0.3, 0.4) is 0 Å². The van der Waals surface area contributed by atoms with Crippen LogP contribution in [0.5, 0.6) is 11.5 Å². The number of hydrogen-bond acceptors (Lipinski definition) is 4. The highest BCUT2D eigenvalue weighted by atomic mass is 35.5. The van der Waals surface area contributed by atoms with Crippen molar-refractivity contribution in [2.24, 2.45) is 0 Å². The molecule has 2 aromatic rings. The zero-order valence-electron chi connectivity index (χ0n) is 13.9. The summed E-state index contributed by atoms with van der Waals surface area (Å²) in [5, 5.41) is 1.26. The molecule has 0 bridgehead atoms. The van der Waals surface area contributed by atoms with Crippen LogP contribution in [0.1, 0.15) is 27.6 Å². The molecule has 1 saturated heterocycles. The number of ether oxygens (including phenoxy) is 2. The SMILES string of the molecule is O=C(c1cc(Cl)ccc1Cl)N1CCSC(c2ccc3c(c2)OCO3)CC1. The molecule has 136 valence electrons. The van der Waals surface area contributed by atoms with Crippen LogP contribution in [0.15, 0.2) is 36.4 Å². The van der Waals surface area contributed by atoms with Crippen molar-refractivity contribution in [1.82, 2.24) is 4.90 Å². The molecule has 0 saturated carbocycles. The Bertz CT molecular complexity index is 846. The van der Waals surface area contributed by atoms with E-state index in [-0.39, 0.29) is 12.7 Å². The molecule has 4 nitrogen and oxygen atoms in total. The zero-order chi connectivity index (χ0) is 18.1. The monoisotopic (exact) mass is 409 g/mol. The van der Waals surface area contributed by atoms with E-state index in [1.807, 2.05) is 28.8 Å². The van der Waals surface area contributed by atoms with Crippen LogP contribution >= 0.6 is 35.0 Å². The van der Waals surface area contributed by atoms with Gasteiger partial charge in [0.2, 0.25) is 6.79 Å². The molecule has 1 atom stereocenters. The number of carbonyl (C=O) groups is 1. The standard InChI is InChI=1S/C19H17Cl2NO3S/c20-13-2-3-15(21)14(10-13)19(23)22-6-5-18(26-8-7-22)12-1-4-16-17(9-12)25-11-24-16/h1-4,9-10,18H,5-8,11H2. The van der Waals surface area contributed by atoms with Crippen LogP contribution in [0, 0.1) is 0 Å². The van der Waals surface area contributed by atoms with Crippen molar-refractivity contribution < 1.29 is 14.3 Å². The highest BCUT2D eigenvalue weighted by molar-refractivity contribution is 7.99. The van der Waals surface area contributed by atoms with Crippen molar-refractivity contribution in [3.8, 4) is 11.5 Å². The zero-order valence-corrected chi connectivity index (χ0v) is 16.2. The summed E-state index contributed by atoms with van der Waals surface area (Å²) in [6.45, 7) is 1.64. The van der Waals surface area contributed by atoms with Crippen molar-refractivity contribution in [2.75, 3.05) is 25.6 Å². The second-order valence-electron chi connectivity index (χ2n) is 6.18. The first kappa shape index (κ1) is 17.8. The van der Waals surface area contributed by atoms with Crippen LogP contribution < -0.4 is 9.47 Å². The molecule has 0 radical (unpaired) electrons. The third-order valence-corrected chi connectivity index (χ3v) is 6.45. The average Bonchev–Trinajstić information content (AvgIpc) is 2.98. The van der Waals surface area contributed by atoms with E-state index in [0.29, 0.717) is 33.9 Å². The van der Waals surface area contributed by atoms with E-state index in [2.05, 4.69) is 6.07 Å². The number of fused-ring (bicyclic) bond motifs is 1. The van der Waals surface area contributed by atoms with Gasteiger partial charge in [0.25, 0.3) is 5.91 Å². The number of benzene rings is 2. The van der Waals surface area contributed by atoms with Gasteiger partial charge in [-0.25, -0.2) is 0 Å². The lowest BCUT2D eigenvalue weighted by molar-refractivity contribution is 0.0766. The van der Waals surface area contributed by atoms with Crippen molar-refractivity contribution in [3.05, 3.63) is 57.6 Å². The Hall–Kier alpha value is -1.56. The maximum Gasteiger partial charge on any atom is 0.255 e. The summed E-state index contributed by atoms with van der Waals surface area (Å²) in [7, 11) is 0. The molecule has 7 heteroatoms. The summed E-state index contributed by atoms with van der Waals surface area (Å²) in [4.78, 5) is 14.7. The number of nitrogens with zero attached hydrogens (tertiary/aromatic N) is 1. The average molecular weight is 410 g/mol. The van der Waals surface area contributed by atoms with E-state index >= 15 is 0 Å². The lowest BCUT2D eigenvalue weighted by Crippen LogP contribution is -2.33.